The number of halogens is 2. The molecule has 0 aliphatic carbocycles. The van der Waals surface area contributed by atoms with E-state index in [0.717, 1.165) is 21.3 Å². The summed E-state index contributed by atoms with van der Waals surface area (Å²) in [4.78, 5) is 6.90. The van der Waals surface area contributed by atoms with Gasteiger partial charge in [-0.25, -0.2) is 4.98 Å². The van der Waals surface area contributed by atoms with Crippen LogP contribution in [-0.4, -0.2) is 28.6 Å². The third-order valence-electron chi connectivity index (χ3n) is 2.94. The molecule has 5 heteroatoms. The summed E-state index contributed by atoms with van der Waals surface area (Å²) in [6.07, 6.45) is 1.86. The van der Waals surface area contributed by atoms with Crippen LogP contribution in [0, 0.1) is 0 Å². The molecule has 0 radical (unpaired) electrons. The van der Waals surface area contributed by atoms with Gasteiger partial charge in [-0.3, -0.25) is 0 Å². The monoisotopic (exact) mass is 364 g/mol. The van der Waals surface area contributed by atoms with Crippen LogP contribution in [0.1, 0.15) is 13.8 Å². The number of thioether (sulfide) groups is 1. The zero-order valence-corrected chi connectivity index (χ0v) is 13.3. The zero-order valence-electron chi connectivity index (χ0n) is 9.28. The molecule has 0 saturated carbocycles. The van der Waals surface area contributed by atoms with E-state index in [9.17, 15) is 0 Å². The van der Waals surface area contributed by atoms with Crippen LogP contribution in [0.4, 0.5) is 5.82 Å². The van der Waals surface area contributed by atoms with Gasteiger partial charge in [-0.15, -0.1) is 0 Å². The zero-order chi connectivity index (χ0) is 11.7. The molecule has 88 valence electrons. The van der Waals surface area contributed by atoms with E-state index in [1.807, 2.05) is 18.0 Å². The van der Waals surface area contributed by atoms with Gasteiger partial charge in [0.2, 0.25) is 0 Å². The summed E-state index contributed by atoms with van der Waals surface area (Å²) in [5.74, 6) is 2.23. The van der Waals surface area contributed by atoms with E-state index < -0.39 is 0 Å². The first-order valence-corrected chi connectivity index (χ1v) is 7.92. The standard InChI is InChI=1S/C11H14Br2N2S/c1-7-8(2)16-4-3-15(7)11-10(13)5-9(12)6-14-11/h5-8H,3-4H2,1-2H3. The molecule has 0 N–H and O–H groups in total. The van der Waals surface area contributed by atoms with Crippen LogP contribution >= 0.6 is 43.6 Å². The predicted octanol–water partition coefficient (Wildman–Crippen LogP) is 3.94. The van der Waals surface area contributed by atoms with E-state index in [2.05, 4.69) is 61.7 Å². The highest BCUT2D eigenvalue weighted by molar-refractivity contribution is 9.11. The van der Waals surface area contributed by atoms with Crippen molar-refractivity contribution in [1.29, 1.82) is 0 Å². The van der Waals surface area contributed by atoms with Crippen LogP contribution in [0.15, 0.2) is 21.2 Å². The van der Waals surface area contributed by atoms with Crippen LogP contribution in [0.5, 0.6) is 0 Å². The highest BCUT2D eigenvalue weighted by Crippen LogP contribution is 2.33. The van der Waals surface area contributed by atoms with Gasteiger partial charge >= 0.3 is 0 Å². The minimum atomic E-state index is 0.531. The van der Waals surface area contributed by atoms with Gasteiger partial charge in [-0.05, 0) is 44.8 Å². The molecule has 0 spiro atoms. The van der Waals surface area contributed by atoms with E-state index in [4.69, 9.17) is 0 Å². The lowest BCUT2D eigenvalue weighted by Crippen LogP contribution is -2.45. The molecular weight excluding hydrogens is 352 g/mol. The van der Waals surface area contributed by atoms with E-state index in [0.29, 0.717) is 11.3 Å². The average molecular weight is 366 g/mol. The minimum Gasteiger partial charge on any atom is -0.351 e. The van der Waals surface area contributed by atoms with Gasteiger partial charge in [0.15, 0.2) is 0 Å². The molecule has 2 unspecified atom stereocenters. The predicted molar refractivity (Wildman–Crippen MR) is 78.4 cm³/mol. The maximum atomic E-state index is 4.51. The van der Waals surface area contributed by atoms with Crippen molar-refractivity contribution in [1.82, 2.24) is 4.98 Å². The number of rotatable bonds is 1. The molecule has 1 aliphatic rings. The Labute approximate surface area is 117 Å². The highest BCUT2D eigenvalue weighted by atomic mass is 79.9. The summed E-state index contributed by atoms with van der Waals surface area (Å²) >= 11 is 9.06. The van der Waals surface area contributed by atoms with Crippen molar-refractivity contribution >= 4 is 49.4 Å². The van der Waals surface area contributed by atoms with E-state index in [-0.39, 0.29) is 0 Å². The smallest absolute Gasteiger partial charge is 0.143 e. The quantitative estimate of drug-likeness (QED) is 0.749. The van der Waals surface area contributed by atoms with Crippen LogP contribution in [-0.2, 0) is 0 Å². The van der Waals surface area contributed by atoms with E-state index >= 15 is 0 Å². The second-order valence-corrected chi connectivity index (χ2v) is 7.22. The van der Waals surface area contributed by atoms with Crippen molar-refractivity contribution in [3.8, 4) is 0 Å². The summed E-state index contributed by atoms with van der Waals surface area (Å²) in [6, 6.07) is 2.59. The Hall–Kier alpha value is 0.260. The van der Waals surface area contributed by atoms with Crippen LogP contribution in [0.3, 0.4) is 0 Å². The minimum absolute atomic E-state index is 0.531. The van der Waals surface area contributed by atoms with Crippen LogP contribution in [0.25, 0.3) is 0 Å². The van der Waals surface area contributed by atoms with Crippen molar-refractivity contribution in [2.45, 2.75) is 25.1 Å². The number of nitrogens with zero attached hydrogens (tertiary/aromatic N) is 2. The number of anilines is 1. The Balaban J connectivity index is 2.29. The summed E-state index contributed by atoms with van der Waals surface area (Å²) < 4.78 is 2.07. The summed E-state index contributed by atoms with van der Waals surface area (Å²) in [6.45, 7) is 5.63. The Morgan fingerprint density at radius 1 is 1.44 bits per heavy atom. The highest BCUT2D eigenvalue weighted by Gasteiger charge is 2.27. The number of hydrogen-bond acceptors (Lipinski definition) is 3. The molecule has 2 heterocycles. The number of pyridine rings is 1. The van der Waals surface area contributed by atoms with Crippen molar-refractivity contribution in [3.05, 3.63) is 21.2 Å². The first-order chi connectivity index (χ1) is 7.59. The first-order valence-electron chi connectivity index (χ1n) is 5.29. The lowest BCUT2D eigenvalue weighted by Gasteiger charge is -2.38. The van der Waals surface area contributed by atoms with Crippen molar-refractivity contribution < 1.29 is 0 Å². The van der Waals surface area contributed by atoms with Crippen molar-refractivity contribution in [2.75, 3.05) is 17.2 Å². The molecule has 1 aromatic heterocycles. The summed E-state index contributed by atoms with van der Waals surface area (Å²) in [5, 5.41) is 0.658. The molecule has 1 aliphatic heterocycles. The van der Waals surface area contributed by atoms with E-state index in [1.54, 1.807) is 0 Å². The molecule has 2 atom stereocenters. The third-order valence-corrected chi connectivity index (χ3v) is 5.30. The lowest BCUT2D eigenvalue weighted by molar-refractivity contribution is 0.619. The Morgan fingerprint density at radius 2 is 2.19 bits per heavy atom. The first kappa shape index (κ1) is 12.7. The normalized spacial score (nSPS) is 25.9. The van der Waals surface area contributed by atoms with Gasteiger partial charge in [0.05, 0.1) is 4.47 Å². The van der Waals surface area contributed by atoms with Gasteiger partial charge < -0.3 is 4.90 Å². The Bertz CT molecular complexity index is 386. The van der Waals surface area contributed by atoms with Gasteiger partial charge in [-0.2, -0.15) is 11.8 Å². The van der Waals surface area contributed by atoms with Crippen molar-refractivity contribution in [2.24, 2.45) is 0 Å². The maximum Gasteiger partial charge on any atom is 0.143 e. The fourth-order valence-electron chi connectivity index (χ4n) is 1.85. The van der Waals surface area contributed by atoms with Crippen molar-refractivity contribution in [3.63, 3.8) is 0 Å². The molecule has 0 aromatic carbocycles. The molecule has 2 rings (SSSR count). The third kappa shape index (κ3) is 2.57. The molecule has 0 amide bonds. The fourth-order valence-corrected chi connectivity index (χ4v) is 4.17. The lowest BCUT2D eigenvalue weighted by atomic mass is 10.2. The second-order valence-electron chi connectivity index (χ2n) is 3.97. The van der Waals surface area contributed by atoms with Crippen LogP contribution in [0.2, 0.25) is 0 Å². The topological polar surface area (TPSA) is 16.1 Å². The molecule has 1 fully saturated rings. The molecule has 2 nitrogen and oxygen atoms in total. The van der Waals surface area contributed by atoms with Gasteiger partial charge in [0.1, 0.15) is 5.82 Å². The number of aromatic nitrogens is 1. The molecule has 0 bridgehead atoms. The second kappa shape index (κ2) is 5.27. The Morgan fingerprint density at radius 3 is 2.88 bits per heavy atom. The summed E-state index contributed by atoms with van der Waals surface area (Å²) in [5.41, 5.74) is 0. The molecular formula is C11H14Br2N2S. The van der Waals surface area contributed by atoms with Gasteiger partial charge in [0, 0.05) is 34.3 Å². The van der Waals surface area contributed by atoms with Gasteiger partial charge in [-0.1, -0.05) is 6.92 Å². The van der Waals surface area contributed by atoms with E-state index in [1.165, 1.54) is 5.75 Å². The number of hydrogen-bond donors (Lipinski definition) is 0. The van der Waals surface area contributed by atoms with Gasteiger partial charge in [0.25, 0.3) is 0 Å². The Kier molecular flexibility index (Phi) is 4.19. The average Bonchev–Trinajstić information content (AvgIpc) is 2.23. The molecule has 1 saturated heterocycles. The molecule has 1 aromatic rings. The SMILES string of the molecule is CC1SCCN(c2ncc(Br)cc2Br)C1C. The maximum absolute atomic E-state index is 4.51. The molecule has 16 heavy (non-hydrogen) atoms. The summed E-state index contributed by atoms with van der Waals surface area (Å²) in [7, 11) is 0. The van der Waals surface area contributed by atoms with Crippen LogP contribution < -0.4 is 4.90 Å². The largest absolute Gasteiger partial charge is 0.351 e. The fraction of sp³-hybridized carbons (Fsp3) is 0.545.